The van der Waals surface area contributed by atoms with Crippen molar-refractivity contribution in [3.8, 4) is 54.6 Å². The van der Waals surface area contributed by atoms with Crippen LogP contribution in [0.15, 0.2) is 121 Å². The van der Waals surface area contributed by atoms with Gasteiger partial charge in [-0.1, -0.05) is 138 Å². The second kappa shape index (κ2) is 11.3. The highest BCUT2D eigenvalue weighted by Gasteiger charge is 2.22. The summed E-state index contributed by atoms with van der Waals surface area (Å²) in [6.45, 7) is 9.27. The van der Waals surface area contributed by atoms with Crippen LogP contribution in [-0.2, 0) is 0 Å². The molecule has 0 unspecified atom stereocenters. The Hall–Kier alpha value is -3.82. The van der Waals surface area contributed by atoms with Gasteiger partial charge in [0, 0.05) is 21.2 Å². The Labute approximate surface area is 241 Å². The van der Waals surface area contributed by atoms with Crippen molar-refractivity contribution in [3.05, 3.63) is 144 Å². The SMILES string of the molecule is Cc1c(-c2pc(-c3ccccc3)c(-c3ccccc3)c(C)c2C)pc(-c2ccccc2)c(-c2ccccc2)c1C. The highest BCUT2D eigenvalue weighted by Crippen LogP contribution is 2.54. The summed E-state index contributed by atoms with van der Waals surface area (Å²) in [5.74, 6) is 0. The lowest BCUT2D eigenvalue weighted by Crippen LogP contribution is -1.96. The molecule has 0 nitrogen and oxygen atoms in total. The molecule has 6 aromatic rings. The Morgan fingerprint density at radius 2 is 0.575 bits per heavy atom. The summed E-state index contributed by atoms with van der Waals surface area (Å²) >= 11 is 0. The van der Waals surface area contributed by atoms with E-state index in [-0.39, 0.29) is 0 Å². The second-order valence-corrected chi connectivity index (χ2v) is 12.6. The maximum Gasteiger partial charge on any atom is 0.0178 e. The molecule has 0 aliphatic rings. The molecule has 0 aliphatic carbocycles. The number of rotatable bonds is 5. The molecule has 2 aromatic heterocycles. The lowest BCUT2D eigenvalue weighted by molar-refractivity contribution is 1.34. The molecule has 2 heterocycles. The molecule has 0 saturated heterocycles. The van der Waals surface area contributed by atoms with Crippen LogP contribution in [0.3, 0.4) is 0 Å². The third-order valence-electron chi connectivity index (χ3n) is 7.95. The standard InChI is InChI=1S/C38H32P2/c1-25-27(3)35(39-37(31-21-13-7-14-22-31)33(25)29-17-9-5-10-18-29)36-28(4)26(2)34(30-19-11-6-12-20-30)38(40-36)32-23-15-8-16-24-32/h5-24H,1-4H3. The van der Waals surface area contributed by atoms with Gasteiger partial charge in [-0.15, -0.1) is 0 Å². The normalized spacial score (nSPS) is 11.4. The van der Waals surface area contributed by atoms with E-state index in [9.17, 15) is 0 Å². The van der Waals surface area contributed by atoms with Gasteiger partial charge in [0.25, 0.3) is 0 Å². The molecule has 40 heavy (non-hydrogen) atoms. The molecular weight excluding hydrogens is 518 g/mol. The maximum absolute atomic E-state index is 2.33. The smallest absolute Gasteiger partial charge is 0.0178 e. The fraction of sp³-hybridized carbons (Fsp3) is 0.105. The Bertz CT molecular complexity index is 1650. The molecule has 0 bridgehead atoms. The third kappa shape index (κ3) is 4.84. The molecule has 0 radical (unpaired) electrons. The van der Waals surface area contributed by atoms with Crippen molar-refractivity contribution in [1.29, 1.82) is 0 Å². The van der Waals surface area contributed by atoms with Gasteiger partial charge in [-0.05, 0) is 83.3 Å². The van der Waals surface area contributed by atoms with Crippen molar-refractivity contribution < 1.29 is 0 Å². The van der Waals surface area contributed by atoms with E-state index in [0.29, 0.717) is 0 Å². The fourth-order valence-electron chi connectivity index (χ4n) is 5.58. The summed E-state index contributed by atoms with van der Waals surface area (Å²) in [5, 5.41) is 5.65. The molecule has 0 aliphatic heterocycles. The lowest BCUT2D eigenvalue weighted by atomic mass is 9.93. The van der Waals surface area contributed by atoms with Crippen molar-refractivity contribution in [2.75, 3.05) is 0 Å². The van der Waals surface area contributed by atoms with E-state index >= 15 is 0 Å². The summed E-state index contributed by atoms with van der Waals surface area (Å²) in [4.78, 5) is 0. The Balaban J connectivity index is 1.67. The predicted molar refractivity (Wildman–Crippen MR) is 178 cm³/mol. The van der Waals surface area contributed by atoms with Crippen molar-refractivity contribution >= 4 is 16.4 Å². The average molecular weight is 551 g/mol. The molecule has 4 aromatic carbocycles. The first-order valence-corrected chi connectivity index (χ1v) is 15.6. The molecule has 6 rings (SSSR count). The summed E-state index contributed by atoms with van der Waals surface area (Å²) in [6, 6.07) is 43.7. The largest absolute Gasteiger partial charge is 0.0622 e. The fourth-order valence-corrected chi connectivity index (χ4v) is 8.91. The van der Waals surface area contributed by atoms with E-state index in [1.807, 2.05) is 0 Å². The van der Waals surface area contributed by atoms with Gasteiger partial charge in [0.05, 0.1) is 0 Å². The van der Waals surface area contributed by atoms with Crippen LogP contribution in [0.4, 0.5) is 0 Å². The second-order valence-electron chi connectivity index (χ2n) is 10.3. The van der Waals surface area contributed by atoms with Crippen molar-refractivity contribution in [1.82, 2.24) is 0 Å². The van der Waals surface area contributed by atoms with Gasteiger partial charge in [0.1, 0.15) is 0 Å². The minimum Gasteiger partial charge on any atom is -0.0622 e. The maximum atomic E-state index is 2.33. The zero-order valence-corrected chi connectivity index (χ0v) is 25.2. The first-order chi connectivity index (χ1) is 19.5. The monoisotopic (exact) mass is 550 g/mol. The minimum absolute atomic E-state index is 1.26. The summed E-state index contributed by atoms with van der Waals surface area (Å²) in [5.41, 5.74) is 13.4. The van der Waals surface area contributed by atoms with E-state index in [4.69, 9.17) is 0 Å². The Morgan fingerprint density at radius 1 is 0.300 bits per heavy atom. The van der Waals surface area contributed by atoms with Crippen LogP contribution in [0.2, 0.25) is 0 Å². The van der Waals surface area contributed by atoms with E-state index < -0.39 is 0 Å². The molecule has 0 amide bonds. The Morgan fingerprint density at radius 3 is 0.875 bits per heavy atom. The summed E-state index contributed by atoms with van der Waals surface area (Å²) < 4.78 is 0. The van der Waals surface area contributed by atoms with Crippen LogP contribution in [-0.4, -0.2) is 0 Å². The Kier molecular flexibility index (Phi) is 7.49. The van der Waals surface area contributed by atoms with Gasteiger partial charge in [0.2, 0.25) is 0 Å². The van der Waals surface area contributed by atoms with Crippen LogP contribution < -0.4 is 0 Å². The van der Waals surface area contributed by atoms with Crippen molar-refractivity contribution in [3.63, 3.8) is 0 Å². The highest BCUT2D eigenvalue weighted by molar-refractivity contribution is 7.43. The zero-order chi connectivity index (χ0) is 27.6. The lowest BCUT2D eigenvalue weighted by Gasteiger charge is -2.23. The quantitative estimate of drug-likeness (QED) is 0.200. The summed E-state index contributed by atoms with van der Waals surface area (Å²) in [6.07, 6.45) is 0. The number of hydrogen-bond donors (Lipinski definition) is 0. The molecule has 0 spiro atoms. The molecule has 0 N–H and O–H groups in total. The first kappa shape index (κ1) is 26.4. The van der Waals surface area contributed by atoms with Crippen molar-refractivity contribution in [2.24, 2.45) is 0 Å². The van der Waals surface area contributed by atoms with Crippen LogP contribution in [0.1, 0.15) is 22.3 Å². The number of benzene rings is 4. The van der Waals surface area contributed by atoms with Gasteiger partial charge in [-0.2, -0.15) is 0 Å². The van der Waals surface area contributed by atoms with Gasteiger partial charge in [-0.25, -0.2) is 0 Å². The van der Waals surface area contributed by atoms with Crippen LogP contribution in [0.25, 0.3) is 54.6 Å². The minimum atomic E-state index is 1.26. The van der Waals surface area contributed by atoms with Crippen LogP contribution in [0, 0.1) is 27.7 Å². The van der Waals surface area contributed by atoms with Gasteiger partial charge in [0.15, 0.2) is 0 Å². The first-order valence-electron chi connectivity index (χ1n) is 13.8. The topological polar surface area (TPSA) is 0 Å². The highest BCUT2D eigenvalue weighted by atomic mass is 31.0. The van der Waals surface area contributed by atoms with E-state index in [0.717, 1.165) is 0 Å². The van der Waals surface area contributed by atoms with Gasteiger partial charge < -0.3 is 0 Å². The summed E-state index contributed by atoms with van der Waals surface area (Å²) in [7, 11) is 2.53. The van der Waals surface area contributed by atoms with Crippen molar-refractivity contribution in [2.45, 2.75) is 27.7 Å². The van der Waals surface area contributed by atoms with E-state index in [1.165, 1.54) is 93.2 Å². The van der Waals surface area contributed by atoms with Crippen LogP contribution >= 0.6 is 16.4 Å². The van der Waals surface area contributed by atoms with Gasteiger partial charge >= 0.3 is 0 Å². The van der Waals surface area contributed by atoms with E-state index in [2.05, 4.69) is 149 Å². The molecule has 2 heteroatoms. The molecule has 0 fully saturated rings. The molecule has 0 saturated carbocycles. The van der Waals surface area contributed by atoms with Crippen LogP contribution in [0.5, 0.6) is 0 Å². The molecular formula is C38H32P2. The molecule has 0 atom stereocenters. The number of hydrogen-bond acceptors (Lipinski definition) is 0. The zero-order valence-electron chi connectivity index (χ0n) is 23.4. The van der Waals surface area contributed by atoms with Gasteiger partial charge in [-0.3, -0.25) is 0 Å². The molecule has 194 valence electrons. The third-order valence-corrected chi connectivity index (χ3v) is 11.1. The average Bonchev–Trinajstić information content (AvgIpc) is 3.01. The van der Waals surface area contributed by atoms with E-state index in [1.54, 1.807) is 0 Å². The predicted octanol–water partition coefficient (Wildman–Crippen LogP) is 12.4.